The van der Waals surface area contributed by atoms with E-state index in [1.807, 2.05) is 70.0 Å². The molecule has 0 spiro atoms. The Morgan fingerprint density at radius 2 is 2.19 bits per heavy atom. The van der Waals surface area contributed by atoms with Gasteiger partial charge < -0.3 is 9.72 Å². The molecule has 1 amide bonds. The number of imidazole rings is 1. The summed E-state index contributed by atoms with van der Waals surface area (Å²) in [5, 5.41) is 15.3. The van der Waals surface area contributed by atoms with Crippen LogP contribution in [0.3, 0.4) is 0 Å². The van der Waals surface area contributed by atoms with Crippen LogP contribution >= 0.6 is 11.3 Å². The van der Waals surface area contributed by atoms with Crippen LogP contribution in [0.25, 0.3) is 27.9 Å². The standard InChI is InChI=1S/C20H15N5OS/c26-19(9-13-6-8-27-12-13)21-14-4-5-16-15(10-14)20(24-23-16)17-11-25-7-2-1-3-18(25)22-17/h1-8,10-12H,9H2,(H,21,26)(H,23,24). The van der Waals surface area contributed by atoms with E-state index < -0.39 is 0 Å². The summed E-state index contributed by atoms with van der Waals surface area (Å²) >= 11 is 1.59. The third-order valence-corrected chi connectivity index (χ3v) is 5.13. The van der Waals surface area contributed by atoms with Crippen LogP contribution in [0.4, 0.5) is 5.69 Å². The van der Waals surface area contributed by atoms with E-state index in [1.54, 1.807) is 11.3 Å². The van der Waals surface area contributed by atoms with Gasteiger partial charge in [0, 0.05) is 23.5 Å². The van der Waals surface area contributed by atoms with Gasteiger partial charge in [-0.25, -0.2) is 4.98 Å². The summed E-state index contributed by atoms with van der Waals surface area (Å²) in [6.45, 7) is 0. The minimum atomic E-state index is -0.0366. The second-order valence-corrected chi connectivity index (χ2v) is 7.06. The summed E-state index contributed by atoms with van der Waals surface area (Å²) in [5.74, 6) is -0.0366. The van der Waals surface area contributed by atoms with Gasteiger partial charge in [0.25, 0.3) is 0 Å². The van der Waals surface area contributed by atoms with E-state index in [2.05, 4.69) is 20.5 Å². The molecule has 0 radical (unpaired) electrons. The monoisotopic (exact) mass is 373 g/mol. The van der Waals surface area contributed by atoms with Crippen LogP contribution in [0.5, 0.6) is 0 Å². The summed E-state index contributed by atoms with van der Waals surface area (Å²) in [6.07, 6.45) is 4.27. The van der Waals surface area contributed by atoms with Crippen molar-refractivity contribution in [1.29, 1.82) is 0 Å². The van der Waals surface area contributed by atoms with Crippen molar-refractivity contribution in [3.8, 4) is 11.4 Å². The lowest BCUT2D eigenvalue weighted by atomic mass is 10.1. The van der Waals surface area contributed by atoms with Crippen LogP contribution < -0.4 is 5.32 Å². The zero-order chi connectivity index (χ0) is 18.2. The summed E-state index contributed by atoms with van der Waals surface area (Å²) in [6, 6.07) is 13.6. The lowest BCUT2D eigenvalue weighted by Gasteiger charge is -2.05. The van der Waals surface area contributed by atoms with Gasteiger partial charge in [0.15, 0.2) is 0 Å². The number of aromatic amines is 1. The largest absolute Gasteiger partial charge is 0.326 e. The molecule has 4 heterocycles. The maximum Gasteiger partial charge on any atom is 0.228 e. The second kappa shape index (κ2) is 6.37. The van der Waals surface area contributed by atoms with Crippen molar-refractivity contribution in [1.82, 2.24) is 19.6 Å². The molecule has 5 rings (SSSR count). The number of aromatic nitrogens is 4. The third-order valence-electron chi connectivity index (χ3n) is 4.40. The highest BCUT2D eigenvalue weighted by Gasteiger charge is 2.13. The Morgan fingerprint density at radius 3 is 3.04 bits per heavy atom. The lowest BCUT2D eigenvalue weighted by Crippen LogP contribution is -2.13. The number of pyridine rings is 1. The Kier molecular flexibility index (Phi) is 3.72. The number of hydrogen-bond donors (Lipinski definition) is 2. The number of rotatable bonds is 4. The van der Waals surface area contributed by atoms with Crippen LogP contribution in [-0.2, 0) is 11.2 Å². The van der Waals surface area contributed by atoms with E-state index in [0.29, 0.717) is 6.42 Å². The van der Waals surface area contributed by atoms with Gasteiger partial charge in [0.05, 0.1) is 11.9 Å². The van der Waals surface area contributed by atoms with Gasteiger partial charge in [-0.2, -0.15) is 16.4 Å². The Morgan fingerprint density at radius 1 is 1.22 bits per heavy atom. The fourth-order valence-electron chi connectivity index (χ4n) is 3.12. The van der Waals surface area contributed by atoms with Gasteiger partial charge in [-0.05, 0) is 52.7 Å². The molecule has 1 aromatic carbocycles. The molecule has 6 nitrogen and oxygen atoms in total. The van der Waals surface area contributed by atoms with Crippen molar-refractivity contribution >= 4 is 39.5 Å². The van der Waals surface area contributed by atoms with Gasteiger partial charge in [-0.1, -0.05) is 6.07 Å². The maximum atomic E-state index is 12.3. The Bertz CT molecular complexity index is 1220. The molecule has 0 aliphatic rings. The van der Waals surface area contributed by atoms with E-state index >= 15 is 0 Å². The molecule has 0 aliphatic carbocycles. The molecule has 7 heteroatoms. The smallest absolute Gasteiger partial charge is 0.228 e. The Labute approximate surface area is 158 Å². The minimum Gasteiger partial charge on any atom is -0.326 e. The number of fused-ring (bicyclic) bond motifs is 2. The molecule has 27 heavy (non-hydrogen) atoms. The number of hydrogen-bond acceptors (Lipinski definition) is 4. The van der Waals surface area contributed by atoms with Crippen LogP contribution in [0, 0.1) is 0 Å². The summed E-state index contributed by atoms with van der Waals surface area (Å²) in [4.78, 5) is 16.9. The van der Waals surface area contributed by atoms with E-state index in [4.69, 9.17) is 0 Å². The number of nitrogens with one attached hydrogen (secondary N) is 2. The average molecular weight is 373 g/mol. The minimum absolute atomic E-state index is 0.0366. The molecule has 0 saturated carbocycles. The van der Waals surface area contributed by atoms with Crippen molar-refractivity contribution in [3.63, 3.8) is 0 Å². The van der Waals surface area contributed by atoms with Crippen LogP contribution in [0.15, 0.2) is 65.6 Å². The van der Waals surface area contributed by atoms with Crippen molar-refractivity contribution in [3.05, 3.63) is 71.2 Å². The molecule has 5 aromatic rings. The van der Waals surface area contributed by atoms with E-state index in [-0.39, 0.29) is 5.91 Å². The van der Waals surface area contributed by atoms with E-state index in [0.717, 1.165) is 39.2 Å². The maximum absolute atomic E-state index is 12.3. The summed E-state index contributed by atoms with van der Waals surface area (Å²) in [7, 11) is 0. The Hall–Kier alpha value is -3.45. The molecule has 0 bridgehead atoms. The van der Waals surface area contributed by atoms with Crippen LogP contribution in [-0.4, -0.2) is 25.5 Å². The van der Waals surface area contributed by atoms with Gasteiger partial charge in [0.2, 0.25) is 5.91 Å². The van der Waals surface area contributed by atoms with Crippen LogP contribution in [0.2, 0.25) is 0 Å². The van der Waals surface area contributed by atoms with E-state index in [1.165, 1.54) is 0 Å². The van der Waals surface area contributed by atoms with Gasteiger partial charge in [-0.15, -0.1) is 0 Å². The first-order valence-corrected chi connectivity index (χ1v) is 9.44. The third kappa shape index (κ3) is 2.98. The fourth-order valence-corrected chi connectivity index (χ4v) is 3.79. The highest BCUT2D eigenvalue weighted by molar-refractivity contribution is 7.08. The number of thiophene rings is 1. The van der Waals surface area contributed by atoms with Gasteiger partial charge >= 0.3 is 0 Å². The highest BCUT2D eigenvalue weighted by atomic mass is 32.1. The molecule has 2 N–H and O–H groups in total. The van der Waals surface area contributed by atoms with Crippen molar-refractivity contribution in [2.45, 2.75) is 6.42 Å². The first kappa shape index (κ1) is 15.8. The number of H-pyrrole nitrogens is 1. The number of carbonyl (C=O) groups excluding carboxylic acids is 1. The summed E-state index contributed by atoms with van der Waals surface area (Å²) < 4.78 is 1.96. The van der Waals surface area contributed by atoms with Gasteiger partial charge in [-0.3, -0.25) is 9.89 Å². The van der Waals surface area contributed by atoms with Crippen molar-refractivity contribution < 1.29 is 4.79 Å². The zero-order valence-corrected chi connectivity index (χ0v) is 15.0. The summed E-state index contributed by atoms with van der Waals surface area (Å²) in [5.41, 5.74) is 5.08. The fraction of sp³-hybridized carbons (Fsp3) is 0.0500. The average Bonchev–Trinajstić information content (AvgIpc) is 3.40. The lowest BCUT2D eigenvalue weighted by molar-refractivity contribution is -0.115. The number of benzene rings is 1. The Balaban J connectivity index is 1.48. The molecule has 132 valence electrons. The molecule has 4 aromatic heterocycles. The number of anilines is 1. The van der Waals surface area contributed by atoms with Crippen LogP contribution in [0.1, 0.15) is 5.56 Å². The van der Waals surface area contributed by atoms with Gasteiger partial charge in [0.1, 0.15) is 17.0 Å². The molecule has 0 atom stereocenters. The SMILES string of the molecule is O=C(Cc1ccsc1)Nc1ccc2[nH]nc(-c3cn4ccccc4n3)c2c1. The molecule has 0 fully saturated rings. The second-order valence-electron chi connectivity index (χ2n) is 6.28. The topological polar surface area (TPSA) is 75.1 Å². The quantitative estimate of drug-likeness (QED) is 0.498. The molecule has 0 unspecified atom stereocenters. The molecule has 0 aliphatic heterocycles. The number of amides is 1. The highest BCUT2D eigenvalue weighted by Crippen LogP contribution is 2.28. The first-order valence-electron chi connectivity index (χ1n) is 8.49. The number of carbonyl (C=O) groups is 1. The number of nitrogens with zero attached hydrogens (tertiary/aromatic N) is 3. The molecular formula is C20H15N5OS. The van der Waals surface area contributed by atoms with Crippen molar-refractivity contribution in [2.75, 3.05) is 5.32 Å². The predicted molar refractivity (Wildman–Crippen MR) is 107 cm³/mol. The molecular weight excluding hydrogens is 358 g/mol. The zero-order valence-electron chi connectivity index (χ0n) is 14.2. The predicted octanol–water partition coefficient (Wildman–Crippen LogP) is 4.12. The van der Waals surface area contributed by atoms with Crippen molar-refractivity contribution in [2.24, 2.45) is 0 Å². The first-order chi connectivity index (χ1) is 13.3. The van der Waals surface area contributed by atoms with E-state index in [9.17, 15) is 4.79 Å². The normalized spacial score (nSPS) is 11.3. The molecule has 0 saturated heterocycles.